The number of benzene rings is 1. The van der Waals surface area contributed by atoms with Gasteiger partial charge in [-0.15, -0.1) is 0 Å². The van der Waals surface area contributed by atoms with Gasteiger partial charge in [0.05, 0.1) is 19.4 Å². The van der Waals surface area contributed by atoms with Crippen molar-refractivity contribution in [3.63, 3.8) is 0 Å². The first-order valence-corrected chi connectivity index (χ1v) is 7.41. The fourth-order valence-electron chi connectivity index (χ4n) is 2.90. The molecule has 112 valence electrons. The summed E-state index contributed by atoms with van der Waals surface area (Å²) in [5.41, 5.74) is 1.14. The number of rotatable bonds is 6. The monoisotopic (exact) mass is 278 g/mol. The molecule has 4 heteroatoms. The minimum absolute atomic E-state index is 0.513. The molecule has 0 aliphatic carbocycles. The van der Waals surface area contributed by atoms with Crippen LogP contribution in [0.15, 0.2) is 24.3 Å². The van der Waals surface area contributed by atoms with Crippen LogP contribution in [-0.4, -0.2) is 46.5 Å². The Bertz CT molecular complexity index is 409. The van der Waals surface area contributed by atoms with E-state index >= 15 is 0 Å². The van der Waals surface area contributed by atoms with Gasteiger partial charge in [0.25, 0.3) is 0 Å². The molecule has 1 aliphatic rings. The molecule has 0 amide bonds. The fourth-order valence-corrected chi connectivity index (χ4v) is 2.90. The molecule has 1 aromatic rings. The molecular weight excluding hydrogens is 252 g/mol. The standard InChI is InChI=1S/C16H26N2O2/c1-4-17-14-9-10-20-12-13(14)11-18(2)15-7-5-6-8-16(15)19-3/h5-8,13-14,17H,4,9-12H2,1-3H3. The Labute approximate surface area is 122 Å². The third kappa shape index (κ3) is 3.64. The molecule has 4 nitrogen and oxygen atoms in total. The summed E-state index contributed by atoms with van der Waals surface area (Å²) in [6.07, 6.45) is 1.10. The SMILES string of the molecule is CCNC1CCOCC1CN(C)c1ccccc1OC. The van der Waals surface area contributed by atoms with Crippen LogP contribution in [0.5, 0.6) is 5.75 Å². The van der Waals surface area contributed by atoms with Crippen molar-refractivity contribution in [2.24, 2.45) is 5.92 Å². The van der Waals surface area contributed by atoms with E-state index in [0.29, 0.717) is 12.0 Å². The molecule has 2 atom stereocenters. The molecule has 0 spiro atoms. The molecule has 1 N–H and O–H groups in total. The average Bonchev–Trinajstić information content (AvgIpc) is 2.49. The Balaban J connectivity index is 2.03. The lowest BCUT2D eigenvalue weighted by molar-refractivity contribution is 0.0355. The van der Waals surface area contributed by atoms with Crippen LogP contribution in [0.25, 0.3) is 0 Å². The summed E-state index contributed by atoms with van der Waals surface area (Å²) < 4.78 is 11.1. The molecule has 1 aromatic carbocycles. The Morgan fingerprint density at radius 1 is 1.40 bits per heavy atom. The van der Waals surface area contributed by atoms with E-state index < -0.39 is 0 Å². The van der Waals surface area contributed by atoms with E-state index in [1.165, 1.54) is 0 Å². The molecule has 0 radical (unpaired) electrons. The van der Waals surface area contributed by atoms with Crippen LogP contribution in [0.4, 0.5) is 5.69 Å². The predicted octanol–water partition coefficient (Wildman–Crippen LogP) is 2.15. The van der Waals surface area contributed by atoms with E-state index in [0.717, 1.165) is 44.2 Å². The molecule has 1 fully saturated rings. The number of nitrogens with zero attached hydrogens (tertiary/aromatic N) is 1. The maximum Gasteiger partial charge on any atom is 0.142 e. The lowest BCUT2D eigenvalue weighted by atomic mass is 9.95. The summed E-state index contributed by atoms with van der Waals surface area (Å²) in [5, 5.41) is 3.58. The number of methoxy groups -OCH3 is 1. The first kappa shape index (κ1) is 15.1. The van der Waals surface area contributed by atoms with Gasteiger partial charge >= 0.3 is 0 Å². The van der Waals surface area contributed by atoms with Crippen molar-refractivity contribution in [2.75, 3.05) is 45.4 Å². The quantitative estimate of drug-likeness (QED) is 0.864. The summed E-state index contributed by atoms with van der Waals surface area (Å²) in [5.74, 6) is 1.44. The van der Waals surface area contributed by atoms with E-state index in [-0.39, 0.29) is 0 Å². The second kappa shape index (κ2) is 7.50. The minimum atomic E-state index is 0.513. The van der Waals surface area contributed by atoms with Crippen LogP contribution in [0.3, 0.4) is 0 Å². The van der Waals surface area contributed by atoms with Crippen molar-refractivity contribution in [3.8, 4) is 5.75 Å². The third-order valence-corrected chi connectivity index (χ3v) is 3.95. The van der Waals surface area contributed by atoms with Gasteiger partial charge in [-0.25, -0.2) is 0 Å². The van der Waals surface area contributed by atoms with Gasteiger partial charge in [0.2, 0.25) is 0 Å². The minimum Gasteiger partial charge on any atom is -0.495 e. The zero-order chi connectivity index (χ0) is 14.4. The number of anilines is 1. The lowest BCUT2D eigenvalue weighted by Gasteiger charge is -2.35. The second-order valence-corrected chi connectivity index (χ2v) is 5.34. The number of hydrogen-bond donors (Lipinski definition) is 1. The molecular formula is C16H26N2O2. The average molecular weight is 278 g/mol. The number of para-hydroxylation sites is 2. The van der Waals surface area contributed by atoms with Gasteiger partial charge in [-0.3, -0.25) is 0 Å². The van der Waals surface area contributed by atoms with Crippen LogP contribution in [0.2, 0.25) is 0 Å². The van der Waals surface area contributed by atoms with Gasteiger partial charge < -0.3 is 19.7 Å². The maximum atomic E-state index is 5.65. The highest BCUT2D eigenvalue weighted by Gasteiger charge is 2.26. The van der Waals surface area contributed by atoms with Crippen LogP contribution in [0.1, 0.15) is 13.3 Å². The van der Waals surface area contributed by atoms with Gasteiger partial charge in [-0.2, -0.15) is 0 Å². The highest BCUT2D eigenvalue weighted by atomic mass is 16.5. The smallest absolute Gasteiger partial charge is 0.142 e. The molecule has 0 saturated carbocycles. The van der Waals surface area contributed by atoms with E-state index in [1.54, 1.807) is 7.11 Å². The summed E-state index contributed by atoms with van der Waals surface area (Å²) in [6.45, 7) is 5.84. The zero-order valence-corrected chi connectivity index (χ0v) is 12.8. The van der Waals surface area contributed by atoms with Gasteiger partial charge in [-0.05, 0) is 25.1 Å². The van der Waals surface area contributed by atoms with Gasteiger partial charge in [0, 0.05) is 32.2 Å². The van der Waals surface area contributed by atoms with E-state index in [9.17, 15) is 0 Å². The maximum absolute atomic E-state index is 5.65. The lowest BCUT2D eigenvalue weighted by Crippen LogP contribution is -2.47. The molecule has 20 heavy (non-hydrogen) atoms. The Morgan fingerprint density at radius 3 is 2.95 bits per heavy atom. The fraction of sp³-hybridized carbons (Fsp3) is 0.625. The van der Waals surface area contributed by atoms with Crippen LogP contribution in [0, 0.1) is 5.92 Å². The van der Waals surface area contributed by atoms with Gasteiger partial charge in [0.15, 0.2) is 0 Å². The summed E-state index contributed by atoms with van der Waals surface area (Å²) in [4.78, 5) is 2.27. The molecule has 1 aliphatic heterocycles. The van der Waals surface area contributed by atoms with Crippen LogP contribution in [-0.2, 0) is 4.74 Å². The first-order valence-electron chi connectivity index (χ1n) is 7.41. The van der Waals surface area contributed by atoms with Crippen LogP contribution >= 0.6 is 0 Å². The number of ether oxygens (including phenoxy) is 2. The zero-order valence-electron chi connectivity index (χ0n) is 12.8. The topological polar surface area (TPSA) is 33.7 Å². The van der Waals surface area contributed by atoms with Crippen molar-refractivity contribution in [3.05, 3.63) is 24.3 Å². The first-order chi connectivity index (χ1) is 9.76. The van der Waals surface area contributed by atoms with Crippen molar-refractivity contribution in [1.82, 2.24) is 5.32 Å². The predicted molar refractivity (Wildman–Crippen MR) is 82.7 cm³/mol. The molecule has 1 heterocycles. The molecule has 2 unspecified atom stereocenters. The largest absolute Gasteiger partial charge is 0.495 e. The van der Waals surface area contributed by atoms with Crippen LogP contribution < -0.4 is 15.0 Å². The van der Waals surface area contributed by atoms with E-state index in [1.807, 2.05) is 18.2 Å². The Morgan fingerprint density at radius 2 is 2.20 bits per heavy atom. The van der Waals surface area contributed by atoms with E-state index in [2.05, 4.69) is 30.3 Å². The summed E-state index contributed by atoms with van der Waals surface area (Å²) in [6, 6.07) is 8.70. The van der Waals surface area contributed by atoms with E-state index in [4.69, 9.17) is 9.47 Å². The summed E-state index contributed by atoms with van der Waals surface area (Å²) >= 11 is 0. The molecule has 2 rings (SSSR count). The number of nitrogens with one attached hydrogen (secondary N) is 1. The number of hydrogen-bond acceptors (Lipinski definition) is 4. The molecule has 0 bridgehead atoms. The summed E-state index contributed by atoms with van der Waals surface area (Å²) in [7, 11) is 3.84. The van der Waals surface area contributed by atoms with Crippen molar-refractivity contribution in [2.45, 2.75) is 19.4 Å². The van der Waals surface area contributed by atoms with Crippen molar-refractivity contribution in [1.29, 1.82) is 0 Å². The molecule has 1 saturated heterocycles. The normalized spacial score (nSPS) is 22.6. The highest BCUT2D eigenvalue weighted by molar-refractivity contribution is 5.57. The highest BCUT2D eigenvalue weighted by Crippen LogP contribution is 2.28. The second-order valence-electron chi connectivity index (χ2n) is 5.34. The Kier molecular flexibility index (Phi) is 5.68. The third-order valence-electron chi connectivity index (χ3n) is 3.95. The molecule has 0 aromatic heterocycles. The van der Waals surface area contributed by atoms with Crippen molar-refractivity contribution < 1.29 is 9.47 Å². The van der Waals surface area contributed by atoms with Crippen molar-refractivity contribution >= 4 is 5.69 Å². The van der Waals surface area contributed by atoms with Gasteiger partial charge in [-0.1, -0.05) is 19.1 Å². The van der Waals surface area contributed by atoms with Gasteiger partial charge in [0.1, 0.15) is 5.75 Å². The Hall–Kier alpha value is -1.26.